The Bertz CT molecular complexity index is 882. The second kappa shape index (κ2) is 7.25. The van der Waals surface area contributed by atoms with Gasteiger partial charge in [0.05, 0.1) is 24.8 Å². The van der Waals surface area contributed by atoms with Gasteiger partial charge in [-0.2, -0.15) is 0 Å². The summed E-state index contributed by atoms with van der Waals surface area (Å²) in [5.41, 5.74) is 0.821. The Morgan fingerprint density at radius 1 is 1.12 bits per heavy atom. The number of hydrogen-bond donors (Lipinski definition) is 0. The predicted octanol–water partition coefficient (Wildman–Crippen LogP) is 4.25. The topological polar surface area (TPSA) is 38.8 Å². The highest BCUT2D eigenvalue weighted by molar-refractivity contribution is 8.27. The van der Waals surface area contributed by atoms with Gasteiger partial charge in [0, 0.05) is 5.56 Å². The second-order valence-corrected chi connectivity index (χ2v) is 6.73. The molecule has 3 rings (SSSR count). The number of ether oxygens (including phenoxy) is 2. The van der Waals surface area contributed by atoms with Crippen LogP contribution >= 0.6 is 24.0 Å². The molecule has 7 heteroatoms. The van der Waals surface area contributed by atoms with Gasteiger partial charge in [0.15, 0.2) is 15.8 Å². The van der Waals surface area contributed by atoms with Gasteiger partial charge in [-0.1, -0.05) is 48.2 Å². The zero-order chi connectivity index (χ0) is 18.0. The number of anilines is 1. The monoisotopic (exact) mass is 375 g/mol. The molecule has 0 unspecified atom stereocenters. The summed E-state index contributed by atoms with van der Waals surface area (Å²) in [6.07, 6.45) is 1.67. The Morgan fingerprint density at radius 3 is 2.56 bits per heavy atom. The highest BCUT2D eigenvalue weighted by atomic mass is 32.2. The van der Waals surface area contributed by atoms with Gasteiger partial charge in [-0.05, 0) is 24.3 Å². The molecule has 2 aromatic carbocycles. The van der Waals surface area contributed by atoms with Gasteiger partial charge in [-0.25, -0.2) is 4.39 Å². The summed E-state index contributed by atoms with van der Waals surface area (Å²) in [6.45, 7) is 0. The SMILES string of the molecule is COc1cccc(/C=C2/SC(=S)N(c3ccccc3F)C2=O)c1OC. The number of methoxy groups -OCH3 is 2. The maximum Gasteiger partial charge on any atom is 0.270 e. The first-order valence-electron chi connectivity index (χ1n) is 7.30. The average molecular weight is 375 g/mol. The lowest BCUT2D eigenvalue weighted by Gasteiger charge is -2.15. The fraction of sp³-hybridized carbons (Fsp3) is 0.111. The van der Waals surface area contributed by atoms with E-state index >= 15 is 0 Å². The first-order chi connectivity index (χ1) is 12.1. The van der Waals surface area contributed by atoms with Crippen LogP contribution in [-0.2, 0) is 4.79 Å². The van der Waals surface area contributed by atoms with Crippen molar-refractivity contribution in [2.75, 3.05) is 19.1 Å². The van der Waals surface area contributed by atoms with Gasteiger partial charge < -0.3 is 9.47 Å². The van der Waals surface area contributed by atoms with Crippen molar-refractivity contribution in [2.24, 2.45) is 0 Å². The Hall–Kier alpha value is -2.38. The van der Waals surface area contributed by atoms with Gasteiger partial charge in [0.2, 0.25) is 0 Å². The van der Waals surface area contributed by atoms with E-state index in [0.717, 1.165) is 11.8 Å². The molecule has 1 amide bonds. The number of hydrogen-bond acceptors (Lipinski definition) is 5. The smallest absolute Gasteiger partial charge is 0.270 e. The van der Waals surface area contributed by atoms with Crippen molar-refractivity contribution in [2.45, 2.75) is 0 Å². The minimum Gasteiger partial charge on any atom is -0.493 e. The molecule has 1 heterocycles. The Morgan fingerprint density at radius 2 is 1.88 bits per heavy atom. The van der Waals surface area contributed by atoms with Gasteiger partial charge in [0.25, 0.3) is 5.91 Å². The van der Waals surface area contributed by atoms with Gasteiger partial charge in [0.1, 0.15) is 5.82 Å². The third-order valence-electron chi connectivity index (χ3n) is 3.61. The molecule has 0 atom stereocenters. The van der Waals surface area contributed by atoms with Crippen molar-refractivity contribution in [3.63, 3.8) is 0 Å². The summed E-state index contributed by atoms with van der Waals surface area (Å²) in [5.74, 6) is 0.200. The third-order valence-corrected chi connectivity index (χ3v) is 4.91. The lowest BCUT2D eigenvalue weighted by Crippen LogP contribution is -2.28. The Kier molecular flexibility index (Phi) is 5.06. The van der Waals surface area contributed by atoms with Crippen LogP contribution in [0.3, 0.4) is 0 Å². The van der Waals surface area contributed by atoms with Crippen molar-refractivity contribution >= 4 is 46.0 Å². The van der Waals surface area contributed by atoms with E-state index in [0.29, 0.717) is 22.0 Å². The molecule has 0 spiro atoms. The summed E-state index contributed by atoms with van der Waals surface area (Å²) in [7, 11) is 3.07. The normalized spacial score (nSPS) is 15.8. The highest BCUT2D eigenvalue weighted by Crippen LogP contribution is 2.39. The number of carbonyl (C=O) groups is 1. The molecule has 4 nitrogen and oxygen atoms in total. The van der Waals surface area contributed by atoms with E-state index < -0.39 is 5.82 Å². The quantitative estimate of drug-likeness (QED) is 0.590. The molecule has 0 saturated carbocycles. The highest BCUT2D eigenvalue weighted by Gasteiger charge is 2.34. The molecule has 0 bridgehead atoms. The molecule has 25 heavy (non-hydrogen) atoms. The van der Waals surface area contributed by atoms with Crippen LogP contribution in [0.25, 0.3) is 6.08 Å². The van der Waals surface area contributed by atoms with Crippen molar-refractivity contribution in [1.82, 2.24) is 0 Å². The molecular weight excluding hydrogens is 361 g/mol. The summed E-state index contributed by atoms with van der Waals surface area (Å²) in [4.78, 5) is 14.3. The number of halogens is 1. The van der Waals surface area contributed by atoms with Crippen LogP contribution in [0.1, 0.15) is 5.56 Å². The Balaban J connectivity index is 2.01. The number of thioether (sulfide) groups is 1. The fourth-order valence-electron chi connectivity index (χ4n) is 2.48. The largest absolute Gasteiger partial charge is 0.493 e. The molecule has 0 aliphatic carbocycles. The van der Waals surface area contributed by atoms with Crippen molar-refractivity contribution < 1.29 is 18.7 Å². The van der Waals surface area contributed by atoms with E-state index in [1.807, 2.05) is 0 Å². The number of para-hydroxylation sites is 2. The molecule has 0 radical (unpaired) electrons. The zero-order valence-electron chi connectivity index (χ0n) is 13.5. The van der Waals surface area contributed by atoms with Crippen molar-refractivity contribution in [3.05, 3.63) is 58.8 Å². The number of rotatable bonds is 4. The fourth-order valence-corrected chi connectivity index (χ4v) is 3.75. The van der Waals surface area contributed by atoms with Crippen LogP contribution in [0.4, 0.5) is 10.1 Å². The van der Waals surface area contributed by atoms with E-state index in [1.165, 1.54) is 24.1 Å². The number of thiocarbonyl (C=S) groups is 1. The maximum absolute atomic E-state index is 14.0. The Labute approximate surface area is 154 Å². The second-order valence-electron chi connectivity index (χ2n) is 5.05. The van der Waals surface area contributed by atoms with Gasteiger partial charge >= 0.3 is 0 Å². The molecule has 1 fully saturated rings. The van der Waals surface area contributed by atoms with Crippen LogP contribution in [0.5, 0.6) is 11.5 Å². The van der Waals surface area contributed by atoms with E-state index in [2.05, 4.69) is 0 Å². The summed E-state index contributed by atoms with van der Waals surface area (Å²) < 4.78 is 25.0. The molecule has 1 saturated heterocycles. The molecule has 0 N–H and O–H groups in total. The number of nitrogens with zero attached hydrogens (tertiary/aromatic N) is 1. The summed E-state index contributed by atoms with van der Waals surface area (Å²) in [6, 6.07) is 11.4. The predicted molar refractivity (Wildman–Crippen MR) is 102 cm³/mol. The van der Waals surface area contributed by atoms with Crippen LogP contribution in [-0.4, -0.2) is 24.4 Å². The summed E-state index contributed by atoms with van der Waals surface area (Å²) in [5, 5.41) is 0. The number of amides is 1. The molecule has 1 aliphatic heterocycles. The molecular formula is C18H14FNO3S2. The lowest BCUT2D eigenvalue weighted by atomic mass is 10.1. The van der Waals surface area contributed by atoms with E-state index in [4.69, 9.17) is 21.7 Å². The summed E-state index contributed by atoms with van der Waals surface area (Å²) >= 11 is 6.39. The molecule has 2 aromatic rings. The molecule has 128 valence electrons. The zero-order valence-corrected chi connectivity index (χ0v) is 15.1. The molecule has 1 aliphatic rings. The van der Waals surface area contributed by atoms with Crippen molar-refractivity contribution in [3.8, 4) is 11.5 Å². The van der Waals surface area contributed by atoms with Gasteiger partial charge in [-0.3, -0.25) is 9.69 Å². The minimum absolute atomic E-state index is 0.144. The van der Waals surface area contributed by atoms with Crippen LogP contribution in [0.2, 0.25) is 0 Å². The van der Waals surface area contributed by atoms with Crippen LogP contribution < -0.4 is 14.4 Å². The van der Waals surface area contributed by atoms with E-state index in [1.54, 1.807) is 43.5 Å². The third kappa shape index (κ3) is 3.25. The van der Waals surface area contributed by atoms with E-state index in [-0.39, 0.29) is 15.9 Å². The van der Waals surface area contributed by atoms with Crippen LogP contribution in [0.15, 0.2) is 47.4 Å². The number of carbonyl (C=O) groups excluding carboxylic acids is 1. The molecule has 0 aromatic heterocycles. The minimum atomic E-state index is -0.501. The van der Waals surface area contributed by atoms with E-state index in [9.17, 15) is 9.18 Å². The van der Waals surface area contributed by atoms with Gasteiger partial charge in [-0.15, -0.1) is 0 Å². The first kappa shape index (κ1) is 17.4. The lowest BCUT2D eigenvalue weighted by molar-refractivity contribution is -0.113. The average Bonchev–Trinajstić information content (AvgIpc) is 2.89. The standard InChI is InChI=1S/C18H14FNO3S2/c1-22-14-9-5-6-11(16(14)23-2)10-15-17(21)20(18(24)25-15)13-8-4-3-7-12(13)19/h3-10H,1-2H3/b15-10+. The van der Waals surface area contributed by atoms with Crippen LogP contribution in [0, 0.1) is 5.82 Å². The maximum atomic E-state index is 14.0. The number of benzene rings is 2. The first-order valence-corrected chi connectivity index (χ1v) is 8.52. The van der Waals surface area contributed by atoms with Crippen molar-refractivity contribution in [1.29, 1.82) is 0 Å².